The molecule has 0 saturated heterocycles. The molecule has 0 aliphatic carbocycles. The third kappa shape index (κ3) is 3.72. The van der Waals surface area contributed by atoms with Gasteiger partial charge in [0.25, 0.3) is 0 Å². The van der Waals surface area contributed by atoms with Crippen molar-refractivity contribution in [1.29, 1.82) is 0 Å². The first-order chi connectivity index (χ1) is 9.18. The average Bonchev–Trinajstić information content (AvgIpc) is 2.80. The van der Waals surface area contributed by atoms with E-state index in [2.05, 4.69) is 4.98 Å². The van der Waals surface area contributed by atoms with Crippen LogP contribution >= 0.6 is 11.3 Å². The summed E-state index contributed by atoms with van der Waals surface area (Å²) >= 11 is 1.63. The van der Waals surface area contributed by atoms with Gasteiger partial charge in [0.05, 0.1) is 17.8 Å². The molecule has 0 amide bonds. The van der Waals surface area contributed by atoms with Crippen LogP contribution in [0, 0.1) is 13.8 Å². The molecule has 1 aromatic carbocycles. The molecule has 0 aliphatic rings. The van der Waals surface area contributed by atoms with Gasteiger partial charge in [-0.15, -0.1) is 11.3 Å². The summed E-state index contributed by atoms with van der Waals surface area (Å²) < 4.78 is 5.46. The molecule has 0 fully saturated rings. The Morgan fingerprint density at radius 3 is 2.79 bits per heavy atom. The van der Waals surface area contributed by atoms with Crippen molar-refractivity contribution >= 4 is 17.1 Å². The van der Waals surface area contributed by atoms with Crippen molar-refractivity contribution in [2.45, 2.75) is 20.3 Å². The molecule has 100 valence electrons. The predicted molar refractivity (Wildman–Crippen MR) is 76.9 cm³/mol. The predicted octanol–water partition coefficient (Wildman–Crippen LogP) is 3.20. The molecule has 2 rings (SSSR count). The Bertz CT molecular complexity index is 563. The van der Waals surface area contributed by atoms with E-state index in [0.29, 0.717) is 6.61 Å². The monoisotopic (exact) mass is 275 g/mol. The summed E-state index contributed by atoms with van der Waals surface area (Å²) in [6, 6.07) is 7.59. The van der Waals surface area contributed by atoms with Crippen LogP contribution in [0.5, 0.6) is 0 Å². The number of carbonyl (C=O) groups is 1. The smallest absolute Gasteiger partial charge is 0.188 e. The van der Waals surface area contributed by atoms with E-state index in [1.165, 1.54) is 4.88 Å². The molecule has 0 spiro atoms. The van der Waals surface area contributed by atoms with Gasteiger partial charge >= 0.3 is 0 Å². The van der Waals surface area contributed by atoms with Crippen LogP contribution in [0.4, 0.5) is 0 Å². The third-order valence-electron chi connectivity index (χ3n) is 3.00. The molecular weight excluding hydrogens is 258 g/mol. The number of hydrogen-bond donors (Lipinski definition) is 0. The summed E-state index contributed by atoms with van der Waals surface area (Å²) in [6.45, 7) is 4.63. The molecule has 2 aromatic rings. The number of ketones is 1. The Morgan fingerprint density at radius 2 is 2.11 bits per heavy atom. The fourth-order valence-corrected chi connectivity index (χ4v) is 2.62. The summed E-state index contributed by atoms with van der Waals surface area (Å²) in [4.78, 5) is 17.4. The molecule has 0 atom stereocenters. The Hall–Kier alpha value is -1.52. The van der Waals surface area contributed by atoms with Crippen LogP contribution in [0.1, 0.15) is 26.5 Å². The lowest BCUT2D eigenvalue weighted by atomic mass is 10.1. The van der Waals surface area contributed by atoms with Crippen molar-refractivity contribution in [2.75, 3.05) is 13.2 Å². The fourth-order valence-electron chi connectivity index (χ4n) is 1.86. The number of ether oxygens (including phenoxy) is 1. The molecule has 4 heteroatoms. The van der Waals surface area contributed by atoms with Crippen LogP contribution < -0.4 is 0 Å². The number of Topliss-reactive ketones (excluding diaryl/α,β-unsaturated/α-hetero) is 1. The second-order valence-corrected chi connectivity index (χ2v) is 5.34. The lowest BCUT2D eigenvalue weighted by Gasteiger charge is -2.05. The second-order valence-electron chi connectivity index (χ2n) is 4.40. The first-order valence-electron chi connectivity index (χ1n) is 6.24. The maximum Gasteiger partial charge on any atom is 0.188 e. The van der Waals surface area contributed by atoms with Crippen LogP contribution in [-0.2, 0) is 11.2 Å². The summed E-state index contributed by atoms with van der Waals surface area (Å²) in [5.74, 6) is 0.0409. The Morgan fingerprint density at radius 1 is 1.32 bits per heavy atom. The van der Waals surface area contributed by atoms with Gasteiger partial charge in [-0.25, -0.2) is 4.98 Å². The molecule has 0 N–H and O–H groups in total. The molecule has 0 bridgehead atoms. The molecule has 1 heterocycles. The number of benzene rings is 1. The van der Waals surface area contributed by atoms with E-state index in [1.807, 2.05) is 43.6 Å². The topological polar surface area (TPSA) is 39.2 Å². The highest BCUT2D eigenvalue weighted by Gasteiger charge is 2.08. The normalized spacial score (nSPS) is 10.6. The second kappa shape index (κ2) is 6.59. The highest BCUT2D eigenvalue weighted by Crippen LogP contribution is 2.13. The number of aromatic nitrogens is 1. The molecule has 0 saturated carbocycles. The SMILES string of the molecule is Cc1ccccc1C(=O)COCCc1scnc1C. The van der Waals surface area contributed by atoms with Gasteiger partial charge in [-0.2, -0.15) is 0 Å². The van der Waals surface area contributed by atoms with Crippen LogP contribution in [0.15, 0.2) is 29.8 Å². The highest BCUT2D eigenvalue weighted by molar-refractivity contribution is 7.09. The number of rotatable bonds is 6. The van der Waals surface area contributed by atoms with Gasteiger partial charge in [0.2, 0.25) is 0 Å². The largest absolute Gasteiger partial charge is 0.373 e. The van der Waals surface area contributed by atoms with Gasteiger partial charge in [-0.1, -0.05) is 24.3 Å². The van der Waals surface area contributed by atoms with E-state index >= 15 is 0 Å². The first kappa shape index (κ1) is 13.9. The Kier molecular flexibility index (Phi) is 4.82. The number of carbonyl (C=O) groups excluding carboxylic acids is 1. The average molecular weight is 275 g/mol. The molecule has 3 nitrogen and oxygen atoms in total. The van der Waals surface area contributed by atoms with E-state index in [-0.39, 0.29) is 12.4 Å². The maximum atomic E-state index is 12.0. The van der Waals surface area contributed by atoms with Crippen molar-refractivity contribution in [3.63, 3.8) is 0 Å². The minimum absolute atomic E-state index is 0.0409. The molecule has 0 unspecified atom stereocenters. The van der Waals surface area contributed by atoms with Crippen molar-refractivity contribution in [3.8, 4) is 0 Å². The summed E-state index contributed by atoms with van der Waals surface area (Å²) in [5, 5.41) is 0. The Balaban J connectivity index is 1.79. The maximum absolute atomic E-state index is 12.0. The van der Waals surface area contributed by atoms with E-state index in [9.17, 15) is 4.79 Å². The lowest BCUT2D eigenvalue weighted by Crippen LogP contribution is -2.12. The zero-order chi connectivity index (χ0) is 13.7. The highest BCUT2D eigenvalue weighted by atomic mass is 32.1. The minimum atomic E-state index is 0.0409. The molecular formula is C15H17NO2S. The lowest BCUT2D eigenvalue weighted by molar-refractivity contribution is 0.0765. The van der Waals surface area contributed by atoms with Crippen LogP contribution in [0.25, 0.3) is 0 Å². The van der Waals surface area contributed by atoms with Gasteiger partial charge in [0.15, 0.2) is 5.78 Å². The van der Waals surface area contributed by atoms with Crippen LogP contribution in [-0.4, -0.2) is 24.0 Å². The zero-order valence-corrected chi connectivity index (χ0v) is 12.0. The minimum Gasteiger partial charge on any atom is -0.373 e. The number of thiazole rings is 1. The van der Waals surface area contributed by atoms with E-state index in [4.69, 9.17) is 4.74 Å². The van der Waals surface area contributed by atoms with Crippen molar-refractivity contribution < 1.29 is 9.53 Å². The van der Waals surface area contributed by atoms with Gasteiger partial charge in [-0.3, -0.25) is 4.79 Å². The van der Waals surface area contributed by atoms with Gasteiger partial charge < -0.3 is 4.74 Å². The van der Waals surface area contributed by atoms with Gasteiger partial charge in [-0.05, 0) is 19.4 Å². The van der Waals surface area contributed by atoms with Crippen LogP contribution in [0.2, 0.25) is 0 Å². The van der Waals surface area contributed by atoms with Crippen molar-refractivity contribution in [3.05, 3.63) is 51.5 Å². The third-order valence-corrected chi connectivity index (χ3v) is 3.99. The van der Waals surface area contributed by atoms with Crippen LogP contribution in [0.3, 0.4) is 0 Å². The number of nitrogens with zero attached hydrogens (tertiary/aromatic N) is 1. The van der Waals surface area contributed by atoms with E-state index in [0.717, 1.165) is 23.2 Å². The number of hydrogen-bond acceptors (Lipinski definition) is 4. The van der Waals surface area contributed by atoms with Gasteiger partial charge in [0.1, 0.15) is 6.61 Å². The summed E-state index contributed by atoms with van der Waals surface area (Å²) in [6.07, 6.45) is 0.817. The van der Waals surface area contributed by atoms with Gasteiger partial charge in [0, 0.05) is 16.9 Å². The summed E-state index contributed by atoms with van der Waals surface area (Å²) in [5.41, 5.74) is 4.63. The molecule has 0 aliphatic heterocycles. The number of aryl methyl sites for hydroxylation is 2. The van der Waals surface area contributed by atoms with Crippen molar-refractivity contribution in [1.82, 2.24) is 4.98 Å². The standard InChI is InChI=1S/C15H17NO2S/c1-11-5-3-4-6-13(11)14(17)9-18-8-7-15-12(2)16-10-19-15/h3-6,10H,7-9H2,1-2H3. The molecule has 0 radical (unpaired) electrons. The summed E-state index contributed by atoms with van der Waals surface area (Å²) in [7, 11) is 0. The molecule has 19 heavy (non-hydrogen) atoms. The Labute approximate surface area is 117 Å². The van der Waals surface area contributed by atoms with E-state index in [1.54, 1.807) is 11.3 Å². The first-order valence-corrected chi connectivity index (χ1v) is 7.12. The fraction of sp³-hybridized carbons (Fsp3) is 0.333. The van der Waals surface area contributed by atoms with E-state index < -0.39 is 0 Å². The van der Waals surface area contributed by atoms with Crippen molar-refractivity contribution in [2.24, 2.45) is 0 Å². The molecule has 1 aromatic heterocycles. The zero-order valence-electron chi connectivity index (χ0n) is 11.2. The quantitative estimate of drug-likeness (QED) is 0.600.